The van der Waals surface area contributed by atoms with Gasteiger partial charge in [-0.15, -0.1) is 0 Å². The number of hydrogen-bond acceptors (Lipinski definition) is 7. The lowest BCUT2D eigenvalue weighted by molar-refractivity contribution is 0.102. The van der Waals surface area contributed by atoms with Crippen molar-refractivity contribution in [2.75, 3.05) is 29.0 Å². The molecule has 170 valence electrons. The molecule has 0 saturated carbocycles. The molecule has 1 amide bonds. The van der Waals surface area contributed by atoms with Gasteiger partial charge in [-0.25, -0.2) is 18.2 Å². The van der Waals surface area contributed by atoms with Gasteiger partial charge in [-0.2, -0.15) is 5.10 Å². The molecule has 0 radical (unpaired) electrons. The van der Waals surface area contributed by atoms with Gasteiger partial charge in [0.15, 0.2) is 11.5 Å². The number of nitrogens with one attached hydrogen (secondary N) is 1. The topological polar surface area (TPSA) is 115 Å². The Morgan fingerprint density at radius 1 is 1.25 bits per heavy atom. The van der Waals surface area contributed by atoms with Gasteiger partial charge in [0, 0.05) is 26.2 Å². The third-order valence-corrected chi connectivity index (χ3v) is 6.27. The highest BCUT2D eigenvalue weighted by Crippen LogP contribution is 2.34. The molecule has 0 unspecified atom stereocenters. The summed E-state index contributed by atoms with van der Waals surface area (Å²) in [6.07, 6.45) is 1.08. The summed E-state index contributed by atoms with van der Waals surface area (Å²) < 4.78 is 43.8. The zero-order chi connectivity index (χ0) is 23.0. The summed E-state index contributed by atoms with van der Waals surface area (Å²) in [6.45, 7) is 0.909. The number of nitrogens with two attached hydrogens (primary N) is 2. The van der Waals surface area contributed by atoms with Gasteiger partial charge in [-0.1, -0.05) is 17.4 Å². The van der Waals surface area contributed by atoms with E-state index in [1.54, 1.807) is 11.7 Å². The average Bonchev–Trinajstić information content (AvgIpc) is 3.25. The summed E-state index contributed by atoms with van der Waals surface area (Å²) in [5.74, 6) is -1.66. The van der Waals surface area contributed by atoms with Gasteiger partial charge >= 0.3 is 0 Å². The fourth-order valence-electron chi connectivity index (χ4n) is 3.68. The number of anilines is 3. The number of carbonyl (C=O) groups is 1. The minimum absolute atomic E-state index is 0.0200. The number of thiazole rings is 1. The molecule has 4 rings (SSSR count). The molecule has 2 aromatic heterocycles. The van der Waals surface area contributed by atoms with E-state index in [2.05, 4.69) is 15.4 Å². The standard InChI is InChI=1S/C20H22F3N7OS/c1-29-20(30-7-5-10(21)13(24)6-8-30)14(9-26-29)27-18(31)16-17(25)32-19(28-16)15-11(22)3-2-4-12(15)23/h2-4,9-10,13H,5-8,24-25H2,1H3,(H,27,31)/t10-,13-/m0/s1. The van der Waals surface area contributed by atoms with E-state index in [9.17, 15) is 18.0 Å². The molecule has 1 saturated heterocycles. The van der Waals surface area contributed by atoms with E-state index in [4.69, 9.17) is 11.5 Å². The largest absolute Gasteiger partial charge is 0.389 e. The van der Waals surface area contributed by atoms with E-state index >= 15 is 0 Å². The van der Waals surface area contributed by atoms with Gasteiger partial charge in [-0.3, -0.25) is 9.48 Å². The Morgan fingerprint density at radius 3 is 2.66 bits per heavy atom. The monoisotopic (exact) mass is 465 g/mol. The van der Waals surface area contributed by atoms with E-state index in [0.29, 0.717) is 31.0 Å². The number of aryl methyl sites for hydroxylation is 1. The SMILES string of the molecule is Cn1ncc(NC(=O)c2nc(-c3c(F)cccc3F)sc2N)c1N1CC[C@H](N)[C@@H](F)CC1. The number of carbonyl (C=O) groups excluding carboxylic acids is 1. The van der Waals surface area contributed by atoms with E-state index < -0.39 is 29.8 Å². The van der Waals surface area contributed by atoms with Gasteiger partial charge < -0.3 is 21.7 Å². The summed E-state index contributed by atoms with van der Waals surface area (Å²) in [4.78, 5) is 18.9. The second kappa shape index (κ2) is 8.79. The van der Waals surface area contributed by atoms with Crippen LogP contribution in [0.15, 0.2) is 24.4 Å². The minimum Gasteiger partial charge on any atom is -0.389 e. The van der Waals surface area contributed by atoms with Crippen molar-refractivity contribution in [1.82, 2.24) is 14.8 Å². The second-order valence-electron chi connectivity index (χ2n) is 7.53. The molecule has 12 heteroatoms. The van der Waals surface area contributed by atoms with Crippen LogP contribution in [0.4, 0.5) is 29.7 Å². The van der Waals surface area contributed by atoms with Crippen molar-refractivity contribution in [2.24, 2.45) is 12.8 Å². The Morgan fingerprint density at radius 2 is 1.94 bits per heavy atom. The maximum atomic E-state index is 14.1. The number of halogens is 3. The quantitative estimate of drug-likeness (QED) is 0.546. The highest BCUT2D eigenvalue weighted by molar-refractivity contribution is 7.19. The number of alkyl halides is 1. The number of nitrogens with zero attached hydrogens (tertiary/aromatic N) is 4. The lowest BCUT2D eigenvalue weighted by Crippen LogP contribution is -2.31. The Bertz CT molecular complexity index is 1120. The first kappa shape index (κ1) is 22.1. The zero-order valence-corrected chi connectivity index (χ0v) is 18.0. The fraction of sp³-hybridized carbons (Fsp3) is 0.350. The van der Waals surface area contributed by atoms with E-state index in [-0.39, 0.29) is 27.7 Å². The van der Waals surface area contributed by atoms with Gasteiger partial charge in [0.05, 0.1) is 11.8 Å². The number of rotatable bonds is 4. The van der Waals surface area contributed by atoms with Crippen molar-refractivity contribution >= 4 is 33.8 Å². The molecule has 0 spiro atoms. The van der Waals surface area contributed by atoms with Gasteiger partial charge in [0.25, 0.3) is 5.91 Å². The summed E-state index contributed by atoms with van der Waals surface area (Å²) in [7, 11) is 1.71. The van der Waals surface area contributed by atoms with Crippen LogP contribution in [0.5, 0.6) is 0 Å². The Labute approximate surface area is 186 Å². The van der Waals surface area contributed by atoms with Crippen molar-refractivity contribution in [2.45, 2.75) is 25.1 Å². The third kappa shape index (κ3) is 4.15. The summed E-state index contributed by atoms with van der Waals surface area (Å²) in [5.41, 5.74) is 11.7. The first-order chi connectivity index (χ1) is 15.3. The molecule has 5 N–H and O–H groups in total. The molecule has 0 bridgehead atoms. The maximum Gasteiger partial charge on any atom is 0.277 e. The normalized spacial score (nSPS) is 19.1. The molecule has 1 aliphatic heterocycles. The zero-order valence-electron chi connectivity index (χ0n) is 17.2. The van der Waals surface area contributed by atoms with Gasteiger partial charge in [0.2, 0.25) is 0 Å². The van der Waals surface area contributed by atoms with Crippen molar-refractivity contribution < 1.29 is 18.0 Å². The number of benzene rings is 1. The highest BCUT2D eigenvalue weighted by Gasteiger charge is 2.28. The summed E-state index contributed by atoms with van der Waals surface area (Å²) in [6, 6.07) is 2.90. The van der Waals surface area contributed by atoms with Crippen LogP contribution in [0.3, 0.4) is 0 Å². The summed E-state index contributed by atoms with van der Waals surface area (Å²) >= 11 is 0.814. The predicted octanol–water partition coefficient (Wildman–Crippen LogP) is 2.92. The second-order valence-corrected chi connectivity index (χ2v) is 8.56. The average molecular weight is 466 g/mol. The molecule has 1 fully saturated rings. The summed E-state index contributed by atoms with van der Waals surface area (Å²) in [5, 5.41) is 6.89. The number of aromatic nitrogens is 3. The molecular weight excluding hydrogens is 443 g/mol. The molecule has 0 aliphatic carbocycles. The minimum atomic E-state index is -1.10. The smallest absolute Gasteiger partial charge is 0.277 e. The third-order valence-electron chi connectivity index (χ3n) is 5.37. The molecule has 32 heavy (non-hydrogen) atoms. The lowest BCUT2D eigenvalue weighted by Gasteiger charge is -2.24. The molecular formula is C20H22F3N7OS. The Balaban J connectivity index is 1.59. The van der Waals surface area contributed by atoms with Crippen LogP contribution in [-0.4, -0.2) is 46.0 Å². The van der Waals surface area contributed by atoms with E-state index in [1.807, 2.05) is 4.90 Å². The van der Waals surface area contributed by atoms with Crippen LogP contribution in [-0.2, 0) is 7.05 Å². The number of hydrogen-bond donors (Lipinski definition) is 3. The fourth-order valence-corrected chi connectivity index (χ4v) is 4.56. The van der Waals surface area contributed by atoms with Crippen LogP contribution >= 0.6 is 11.3 Å². The maximum absolute atomic E-state index is 14.1. The van der Waals surface area contributed by atoms with Crippen molar-refractivity contribution in [3.05, 3.63) is 41.7 Å². The first-order valence-electron chi connectivity index (χ1n) is 9.95. The molecule has 8 nitrogen and oxygen atoms in total. The van der Waals surface area contributed by atoms with Crippen LogP contribution in [0.1, 0.15) is 23.3 Å². The first-order valence-corrected chi connectivity index (χ1v) is 10.8. The van der Waals surface area contributed by atoms with Crippen LogP contribution in [0, 0.1) is 11.6 Å². The van der Waals surface area contributed by atoms with Crippen LogP contribution in [0.2, 0.25) is 0 Å². The Hall–Kier alpha value is -3.12. The van der Waals surface area contributed by atoms with Crippen molar-refractivity contribution in [1.29, 1.82) is 0 Å². The molecule has 3 aromatic rings. The van der Waals surface area contributed by atoms with Crippen molar-refractivity contribution in [3.63, 3.8) is 0 Å². The molecule has 2 atom stereocenters. The van der Waals surface area contributed by atoms with Crippen LogP contribution in [0.25, 0.3) is 10.6 Å². The van der Waals surface area contributed by atoms with Crippen molar-refractivity contribution in [3.8, 4) is 10.6 Å². The molecule has 1 aromatic carbocycles. The predicted molar refractivity (Wildman–Crippen MR) is 117 cm³/mol. The van der Waals surface area contributed by atoms with E-state index in [1.165, 1.54) is 12.3 Å². The van der Waals surface area contributed by atoms with Crippen LogP contribution < -0.4 is 21.7 Å². The molecule has 1 aliphatic rings. The number of amides is 1. The van der Waals surface area contributed by atoms with E-state index in [0.717, 1.165) is 23.5 Å². The molecule has 3 heterocycles. The highest BCUT2D eigenvalue weighted by atomic mass is 32.1. The van der Waals surface area contributed by atoms with Gasteiger partial charge in [0.1, 0.15) is 33.5 Å². The lowest BCUT2D eigenvalue weighted by atomic mass is 10.1. The number of nitrogen functional groups attached to an aromatic ring is 1. The van der Waals surface area contributed by atoms with Gasteiger partial charge in [-0.05, 0) is 25.0 Å². The Kier molecular flexibility index (Phi) is 6.07.